The molecule has 1 heterocycles. The molecule has 4 heteroatoms. The third-order valence-electron chi connectivity index (χ3n) is 1.66. The summed E-state index contributed by atoms with van der Waals surface area (Å²) >= 11 is 0. The van der Waals surface area contributed by atoms with Gasteiger partial charge in [0.1, 0.15) is 5.82 Å². The van der Waals surface area contributed by atoms with Gasteiger partial charge in [0, 0.05) is 0 Å². The number of fused-ring (bicyclic) bond motifs is 1. The summed E-state index contributed by atoms with van der Waals surface area (Å²) in [6, 6.07) is 3.89. The highest BCUT2D eigenvalue weighted by Crippen LogP contribution is 2.19. The number of carbonyl (C=O) groups is 2. The standard InChI is InChI=1S/C8H3FNO2/c9-5-3-1-2-4-6(5)8(12)10-7(4)11/h1-3H. The first-order valence-electron chi connectivity index (χ1n) is 3.29. The van der Waals surface area contributed by atoms with Crippen LogP contribution >= 0.6 is 0 Å². The molecule has 2 amide bonds. The lowest BCUT2D eigenvalue weighted by Gasteiger charge is -1.92. The SMILES string of the molecule is O=C1[N]C(=O)c2c(F)cccc21. The van der Waals surface area contributed by atoms with Gasteiger partial charge in [-0.05, 0) is 12.1 Å². The van der Waals surface area contributed by atoms with E-state index in [1.807, 2.05) is 0 Å². The summed E-state index contributed by atoms with van der Waals surface area (Å²) in [5.74, 6) is -2.13. The summed E-state index contributed by atoms with van der Waals surface area (Å²) in [4.78, 5) is 21.7. The zero-order valence-corrected chi connectivity index (χ0v) is 5.87. The van der Waals surface area contributed by atoms with Crippen molar-refractivity contribution in [3.63, 3.8) is 0 Å². The predicted molar refractivity (Wildman–Crippen MR) is 37.2 cm³/mol. The Morgan fingerprint density at radius 1 is 1.17 bits per heavy atom. The average molecular weight is 164 g/mol. The van der Waals surface area contributed by atoms with Gasteiger partial charge in [-0.1, -0.05) is 6.07 Å². The summed E-state index contributed by atoms with van der Waals surface area (Å²) in [5.41, 5.74) is -0.150. The van der Waals surface area contributed by atoms with Crippen molar-refractivity contribution in [3.8, 4) is 0 Å². The van der Waals surface area contributed by atoms with Crippen LogP contribution < -0.4 is 5.32 Å². The molecule has 0 saturated carbocycles. The minimum Gasteiger partial charge on any atom is -0.267 e. The maximum Gasteiger partial charge on any atom is 0.284 e. The van der Waals surface area contributed by atoms with E-state index in [2.05, 4.69) is 5.32 Å². The van der Waals surface area contributed by atoms with Crippen LogP contribution in [-0.4, -0.2) is 11.8 Å². The van der Waals surface area contributed by atoms with Gasteiger partial charge < -0.3 is 0 Å². The monoisotopic (exact) mass is 164 g/mol. The molecule has 59 valence electrons. The third kappa shape index (κ3) is 0.747. The highest BCUT2D eigenvalue weighted by atomic mass is 19.1. The minimum atomic E-state index is -0.784. The van der Waals surface area contributed by atoms with Gasteiger partial charge in [-0.15, -0.1) is 0 Å². The van der Waals surface area contributed by atoms with Gasteiger partial charge in [0.15, 0.2) is 0 Å². The van der Waals surface area contributed by atoms with E-state index in [-0.39, 0.29) is 11.1 Å². The Hall–Kier alpha value is -1.71. The Kier molecular flexibility index (Phi) is 1.24. The van der Waals surface area contributed by atoms with E-state index in [4.69, 9.17) is 0 Å². The van der Waals surface area contributed by atoms with Crippen molar-refractivity contribution in [2.24, 2.45) is 0 Å². The highest BCUT2D eigenvalue weighted by molar-refractivity contribution is 6.21. The van der Waals surface area contributed by atoms with E-state index in [1.165, 1.54) is 12.1 Å². The molecule has 1 radical (unpaired) electrons. The molecule has 1 aliphatic heterocycles. The molecule has 0 unspecified atom stereocenters. The van der Waals surface area contributed by atoms with Gasteiger partial charge in [-0.25, -0.2) is 4.39 Å². The molecule has 0 spiro atoms. The second-order valence-corrected chi connectivity index (χ2v) is 2.38. The fraction of sp³-hybridized carbons (Fsp3) is 0. The first kappa shape index (κ1) is 6.97. The molecule has 0 N–H and O–H groups in total. The summed E-state index contributed by atoms with van der Waals surface area (Å²) in [5, 5.41) is 3.10. The van der Waals surface area contributed by atoms with Crippen LogP contribution in [0.3, 0.4) is 0 Å². The Balaban J connectivity index is 2.75. The molecule has 0 saturated heterocycles. The van der Waals surface area contributed by atoms with E-state index < -0.39 is 17.6 Å². The van der Waals surface area contributed by atoms with Gasteiger partial charge in [-0.3, -0.25) is 9.59 Å². The van der Waals surface area contributed by atoms with Crippen molar-refractivity contribution in [2.45, 2.75) is 0 Å². The van der Waals surface area contributed by atoms with Crippen LogP contribution in [0.1, 0.15) is 20.7 Å². The average Bonchev–Trinajstić information content (AvgIpc) is 2.29. The topological polar surface area (TPSA) is 48.2 Å². The van der Waals surface area contributed by atoms with Crippen LogP contribution in [0.2, 0.25) is 0 Å². The van der Waals surface area contributed by atoms with Crippen LogP contribution in [0.25, 0.3) is 0 Å². The van der Waals surface area contributed by atoms with E-state index in [9.17, 15) is 14.0 Å². The first-order valence-corrected chi connectivity index (χ1v) is 3.29. The number of benzene rings is 1. The quantitative estimate of drug-likeness (QED) is 0.530. The van der Waals surface area contributed by atoms with E-state index in [0.29, 0.717) is 0 Å². The van der Waals surface area contributed by atoms with Crippen LogP contribution in [0.4, 0.5) is 4.39 Å². The summed E-state index contributed by atoms with van der Waals surface area (Å²) in [7, 11) is 0. The van der Waals surface area contributed by atoms with Crippen molar-refractivity contribution in [1.29, 1.82) is 0 Å². The van der Waals surface area contributed by atoms with Gasteiger partial charge >= 0.3 is 0 Å². The lowest BCUT2D eigenvalue weighted by molar-refractivity contribution is 0.0872. The van der Waals surface area contributed by atoms with Crippen LogP contribution in [0, 0.1) is 5.82 Å². The maximum atomic E-state index is 12.9. The molecular formula is C8H3FNO2. The fourth-order valence-electron chi connectivity index (χ4n) is 1.13. The maximum absolute atomic E-state index is 12.9. The normalized spacial score (nSPS) is 14.4. The number of hydrogen-bond donors (Lipinski definition) is 0. The fourth-order valence-corrected chi connectivity index (χ4v) is 1.13. The molecule has 1 aromatic carbocycles. The Bertz CT molecular complexity index is 387. The van der Waals surface area contributed by atoms with Crippen molar-refractivity contribution in [1.82, 2.24) is 5.32 Å². The summed E-state index contributed by atoms with van der Waals surface area (Å²) in [6.07, 6.45) is 0. The number of carbonyl (C=O) groups excluding carboxylic acids is 2. The molecule has 3 nitrogen and oxygen atoms in total. The number of amides is 2. The minimum absolute atomic E-state index is 0.0556. The molecule has 2 rings (SSSR count). The number of rotatable bonds is 0. The van der Waals surface area contributed by atoms with Crippen molar-refractivity contribution >= 4 is 11.8 Å². The second kappa shape index (κ2) is 2.14. The van der Waals surface area contributed by atoms with Crippen LogP contribution in [0.5, 0.6) is 0 Å². The van der Waals surface area contributed by atoms with E-state index >= 15 is 0 Å². The number of hydrogen-bond acceptors (Lipinski definition) is 2. The molecule has 0 aliphatic carbocycles. The number of halogens is 1. The Labute approximate surface area is 67.2 Å². The molecule has 1 aliphatic rings. The molecule has 0 atom stereocenters. The Morgan fingerprint density at radius 3 is 2.58 bits per heavy atom. The van der Waals surface area contributed by atoms with Crippen LogP contribution in [0.15, 0.2) is 18.2 Å². The molecule has 0 bridgehead atoms. The van der Waals surface area contributed by atoms with Crippen molar-refractivity contribution in [2.75, 3.05) is 0 Å². The third-order valence-corrected chi connectivity index (χ3v) is 1.66. The lowest BCUT2D eigenvalue weighted by atomic mass is 10.1. The summed E-state index contributed by atoms with van der Waals surface area (Å²) < 4.78 is 12.9. The predicted octanol–water partition coefficient (Wildman–Crippen LogP) is 0.724. The van der Waals surface area contributed by atoms with Crippen molar-refractivity contribution in [3.05, 3.63) is 35.1 Å². The lowest BCUT2D eigenvalue weighted by Crippen LogP contribution is -2.11. The first-order chi connectivity index (χ1) is 5.70. The molecular weight excluding hydrogens is 161 g/mol. The van der Waals surface area contributed by atoms with E-state index in [0.717, 1.165) is 6.07 Å². The Morgan fingerprint density at radius 2 is 1.92 bits per heavy atom. The van der Waals surface area contributed by atoms with Gasteiger partial charge in [-0.2, -0.15) is 5.32 Å². The summed E-state index contributed by atoms with van der Waals surface area (Å²) in [6.45, 7) is 0. The smallest absolute Gasteiger partial charge is 0.267 e. The molecule has 1 aromatic rings. The van der Waals surface area contributed by atoms with Crippen LogP contribution in [-0.2, 0) is 0 Å². The zero-order chi connectivity index (χ0) is 8.72. The van der Waals surface area contributed by atoms with E-state index in [1.54, 1.807) is 0 Å². The van der Waals surface area contributed by atoms with Gasteiger partial charge in [0.25, 0.3) is 11.8 Å². The van der Waals surface area contributed by atoms with Crippen molar-refractivity contribution < 1.29 is 14.0 Å². The molecule has 0 fully saturated rings. The highest BCUT2D eigenvalue weighted by Gasteiger charge is 2.31. The second-order valence-electron chi connectivity index (χ2n) is 2.38. The largest absolute Gasteiger partial charge is 0.284 e. The number of nitrogens with zero attached hydrogens (tertiary/aromatic N) is 1. The number of imide groups is 1. The molecule has 0 aromatic heterocycles. The molecule has 12 heavy (non-hydrogen) atoms. The zero-order valence-electron chi connectivity index (χ0n) is 5.87. The van der Waals surface area contributed by atoms with Gasteiger partial charge in [0.05, 0.1) is 11.1 Å². The van der Waals surface area contributed by atoms with Gasteiger partial charge in [0.2, 0.25) is 0 Å².